The van der Waals surface area contributed by atoms with E-state index < -0.39 is 10.0 Å². The number of rotatable bonds is 6. The highest BCUT2D eigenvalue weighted by molar-refractivity contribution is 7.88. The first-order valence-electron chi connectivity index (χ1n) is 7.52. The summed E-state index contributed by atoms with van der Waals surface area (Å²) in [7, 11) is -1.36. The van der Waals surface area contributed by atoms with Gasteiger partial charge in [-0.15, -0.1) is 0 Å². The van der Waals surface area contributed by atoms with Gasteiger partial charge in [-0.2, -0.15) is 0 Å². The summed E-state index contributed by atoms with van der Waals surface area (Å²) in [5.74, 6) is 0.0593. The Hall–Kier alpha value is -0.910. The predicted molar refractivity (Wildman–Crippen MR) is 86.4 cm³/mol. The van der Waals surface area contributed by atoms with Crippen LogP contribution >= 0.6 is 0 Å². The average Bonchev–Trinajstić information content (AvgIpc) is 2.70. The molecule has 0 aromatic heterocycles. The fourth-order valence-corrected chi connectivity index (χ4v) is 4.43. The van der Waals surface area contributed by atoms with Crippen molar-refractivity contribution in [3.05, 3.63) is 35.4 Å². The van der Waals surface area contributed by atoms with Gasteiger partial charge in [-0.3, -0.25) is 0 Å². The molecule has 2 N–H and O–H groups in total. The van der Waals surface area contributed by atoms with Crippen LogP contribution in [0.15, 0.2) is 24.3 Å². The molecule has 118 valence electrons. The van der Waals surface area contributed by atoms with Crippen LogP contribution in [0, 0.1) is 5.41 Å². The van der Waals surface area contributed by atoms with Gasteiger partial charge in [0.1, 0.15) is 0 Å². The Morgan fingerprint density at radius 1 is 1.19 bits per heavy atom. The van der Waals surface area contributed by atoms with Crippen molar-refractivity contribution in [2.75, 3.05) is 7.05 Å². The van der Waals surface area contributed by atoms with E-state index in [1.165, 1.54) is 0 Å². The Morgan fingerprint density at radius 3 is 2.33 bits per heavy atom. The Kier molecular flexibility index (Phi) is 5.07. The van der Waals surface area contributed by atoms with E-state index in [-0.39, 0.29) is 17.2 Å². The number of sulfonamides is 1. The molecule has 0 amide bonds. The van der Waals surface area contributed by atoms with Crippen molar-refractivity contribution in [3.63, 3.8) is 0 Å². The van der Waals surface area contributed by atoms with Crippen LogP contribution in [-0.2, 0) is 22.3 Å². The van der Waals surface area contributed by atoms with E-state index in [9.17, 15) is 8.42 Å². The quantitative estimate of drug-likeness (QED) is 0.848. The molecule has 1 aromatic carbocycles. The predicted octanol–water partition coefficient (Wildman–Crippen LogP) is 2.40. The maximum absolute atomic E-state index is 12.3. The van der Waals surface area contributed by atoms with Crippen LogP contribution in [0.2, 0.25) is 0 Å². The van der Waals surface area contributed by atoms with Crippen molar-refractivity contribution in [1.82, 2.24) is 10.0 Å². The van der Waals surface area contributed by atoms with Gasteiger partial charge in [0.2, 0.25) is 10.0 Å². The van der Waals surface area contributed by atoms with Gasteiger partial charge in [0.25, 0.3) is 0 Å². The van der Waals surface area contributed by atoms with Gasteiger partial charge in [0.05, 0.1) is 5.75 Å². The first-order chi connectivity index (χ1) is 9.80. The molecule has 5 heteroatoms. The molecule has 1 aliphatic rings. The molecule has 2 rings (SSSR count). The molecule has 1 aliphatic carbocycles. The van der Waals surface area contributed by atoms with Crippen molar-refractivity contribution in [1.29, 1.82) is 0 Å². The Bertz CT molecular complexity index is 564. The second kappa shape index (κ2) is 6.46. The number of benzene rings is 1. The van der Waals surface area contributed by atoms with E-state index in [4.69, 9.17) is 0 Å². The minimum Gasteiger partial charge on any atom is -0.316 e. The molecule has 1 unspecified atom stereocenters. The van der Waals surface area contributed by atoms with Gasteiger partial charge >= 0.3 is 0 Å². The molecule has 1 fully saturated rings. The zero-order chi connectivity index (χ0) is 15.5. The van der Waals surface area contributed by atoms with Crippen molar-refractivity contribution < 1.29 is 8.42 Å². The van der Waals surface area contributed by atoms with E-state index in [1.54, 1.807) is 0 Å². The van der Waals surface area contributed by atoms with Crippen molar-refractivity contribution >= 4 is 10.0 Å². The van der Waals surface area contributed by atoms with Gasteiger partial charge < -0.3 is 5.32 Å². The molecule has 0 saturated heterocycles. The molecule has 0 bridgehead atoms. The molecule has 0 spiro atoms. The number of hydrogen-bond donors (Lipinski definition) is 2. The molecule has 0 aliphatic heterocycles. The topological polar surface area (TPSA) is 58.2 Å². The summed E-state index contributed by atoms with van der Waals surface area (Å²) in [6.07, 6.45) is 2.94. The van der Waals surface area contributed by atoms with Crippen molar-refractivity contribution in [3.8, 4) is 0 Å². The normalized spacial score (nSPS) is 21.6. The van der Waals surface area contributed by atoms with Crippen LogP contribution in [-0.4, -0.2) is 21.5 Å². The zero-order valence-electron chi connectivity index (χ0n) is 13.1. The van der Waals surface area contributed by atoms with Crippen LogP contribution in [0.4, 0.5) is 0 Å². The smallest absolute Gasteiger partial charge is 0.216 e. The van der Waals surface area contributed by atoms with Gasteiger partial charge in [-0.25, -0.2) is 13.1 Å². The summed E-state index contributed by atoms with van der Waals surface area (Å²) in [6, 6.07) is 7.82. The summed E-state index contributed by atoms with van der Waals surface area (Å²) in [5, 5.41) is 3.08. The lowest BCUT2D eigenvalue weighted by molar-refractivity contribution is 0.372. The number of hydrogen-bond acceptors (Lipinski definition) is 3. The Balaban J connectivity index is 1.94. The molecule has 21 heavy (non-hydrogen) atoms. The summed E-state index contributed by atoms with van der Waals surface area (Å²) >= 11 is 0. The summed E-state index contributed by atoms with van der Waals surface area (Å²) in [4.78, 5) is 0. The molecule has 4 nitrogen and oxygen atoms in total. The molecule has 0 heterocycles. The minimum absolute atomic E-state index is 0.0593. The van der Waals surface area contributed by atoms with E-state index in [0.717, 1.165) is 36.9 Å². The molecule has 1 aromatic rings. The summed E-state index contributed by atoms with van der Waals surface area (Å²) < 4.78 is 27.4. The third-order valence-electron chi connectivity index (χ3n) is 4.08. The molecule has 1 saturated carbocycles. The van der Waals surface area contributed by atoms with Crippen LogP contribution < -0.4 is 10.0 Å². The third-order valence-corrected chi connectivity index (χ3v) is 5.48. The Morgan fingerprint density at radius 2 is 1.81 bits per heavy atom. The summed E-state index contributed by atoms with van der Waals surface area (Å²) in [5.41, 5.74) is 2.24. The van der Waals surface area contributed by atoms with E-state index in [0.29, 0.717) is 0 Å². The number of nitrogens with one attached hydrogen (secondary N) is 2. The Labute approximate surface area is 128 Å². The van der Waals surface area contributed by atoms with E-state index >= 15 is 0 Å². The fraction of sp³-hybridized carbons (Fsp3) is 0.625. The highest BCUT2D eigenvalue weighted by atomic mass is 32.2. The summed E-state index contributed by atoms with van der Waals surface area (Å²) in [6.45, 7) is 5.19. The van der Waals surface area contributed by atoms with Gasteiger partial charge in [-0.05, 0) is 42.9 Å². The van der Waals surface area contributed by atoms with E-state index in [1.807, 2.05) is 31.3 Å². The largest absolute Gasteiger partial charge is 0.316 e. The van der Waals surface area contributed by atoms with Crippen LogP contribution in [0.5, 0.6) is 0 Å². The van der Waals surface area contributed by atoms with Crippen LogP contribution in [0.1, 0.15) is 44.2 Å². The lowest BCUT2D eigenvalue weighted by atomic mass is 9.92. The first-order valence-corrected chi connectivity index (χ1v) is 9.17. The monoisotopic (exact) mass is 310 g/mol. The first kappa shape index (κ1) is 16.5. The SMILES string of the molecule is CNCc1ccc(CS(=O)(=O)NC2CCC(C)(C)C2)cc1. The van der Waals surface area contributed by atoms with Gasteiger partial charge in [0, 0.05) is 12.6 Å². The maximum atomic E-state index is 12.3. The molecule has 1 atom stereocenters. The fourth-order valence-electron chi connectivity index (χ4n) is 3.01. The van der Waals surface area contributed by atoms with Gasteiger partial charge in [-0.1, -0.05) is 38.1 Å². The standard InChI is InChI=1S/C16H26N2O2S/c1-16(2)9-8-15(10-16)18-21(19,20)12-14-6-4-13(5-7-14)11-17-3/h4-7,15,17-18H,8-12H2,1-3H3. The van der Waals surface area contributed by atoms with Crippen LogP contribution in [0.25, 0.3) is 0 Å². The molecule has 0 radical (unpaired) electrons. The second-order valence-electron chi connectivity index (χ2n) is 6.83. The molecular weight excluding hydrogens is 284 g/mol. The van der Waals surface area contributed by atoms with Crippen molar-refractivity contribution in [2.24, 2.45) is 5.41 Å². The van der Waals surface area contributed by atoms with Crippen molar-refractivity contribution in [2.45, 2.75) is 51.4 Å². The third kappa shape index (κ3) is 5.09. The highest BCUT2D eigenvalue weighted by Gasteiger charge is 2.33. The lowest BCUT2D eigenvalue weighted by Crippen LogP contribution is -2.34. The molecular formula is C16H26N2O2S. The zero-order valence-corrected chi connectivity index (χ0v) is 14.0. The lowest BCUT2D eigenvalue weighted by Gasteiger charge is -2.18. The van der Waals surface area contributed by atoms with E-state index in [2.05, 4.69) is 23.9 Å². The minimum atomic E-state index is -3.26. The van der Waals surface area contributed by atoms with Crippen LogP contribution in [0.3, 0.4) is 0 Å². The maximum Gasteiger partial charge on any atom is 0.216 e. The van der Waals surface area contributed by atoms with Gasteiger partial charge in [0.15, 0.2) is 0 Å². The highest BCUT2D eigenvalue weighted by Crippen LogP contribution is 2.37. The second-order valence-corrected chi connectivity index (χ2v) is 8.58. The average molecular weight is 310 g/mol.